The third-order valence-electron chi connectivity index (χ3n) is 4.48. The minimum Gasteiger partial charge on any atom is -0.468 e. The molecule has 7 heteroatoms. The number of carbonyl (C=O) groups excluding carboxylic acids is 2. The average Bonchev–Trinajstić information content (AvgIpc) is 2.65. The van der Waals surface area contributed by atoms with E-state index < -0.39 is 14.0 Å². The highest BCUT2D eigenvalue weighted by atomic mass is 79.9. The van der Waals surface area contributed by atoms with Crippen LogP contribution in [0.5, 0.6) is 0 Å². The zero-order valence-electron chi connectivity index (χ0n) is 19.3. The normalized spacial score (nSPS) is 12.3. The van der Waals surface area contributed by atoms with Crippen molar-refractivity contribution in [1.82, 2.24) is 9.80 Å². The summed E-state index contributed by atoms with van der Waals surface area (Å²) in [6.45, 7) is 11.4. The topological polar surface area (TPSA) is 49.9 Å². The number of esters is 1. The molecule has 0 spiro atoms. The van der Waals surface area contributed by atoms with Gasteiger partial charge in [0.1, 0.15) is 14.6 Å². The molecule has 0 aliphatic heterocycles. The Morgan fingerprint density at radius 1 is 1.20 bits per heavy atom. The molecule has 1 aromatic rings. The average molecular weight is 496 g/mol. The molecular formula is C23H35BrN2O3Si. The van der Waals surface area contributed by atoms with Crippen LogP contribution in [-0.4, -0.2) is 63.0 Å². The molecule has 0 aliphatic rings. The molecule has 0 unspecified atom stereocenters. The molecule has 0 fully saturated rings. The van der Waals surface area contributed by atoms with Crippen LogP contribution in [0.3, 0.4) is 0 Å². The van der Waals surface area contributed by atoms with Gasteiger partial charge < -0.3 is 9.64 Å². The Balaban J connectivity index is 3.12. The quantitative estimate of drug-likeness (QED) is 0.293. The maximum absolute atomic E-state index is 13.5. The summed E-state index contributed by atoms with van der Waals surface area (Å²) in [5.74, 6) is 2.93. The van der Waals surface area contributed by atoms with Gasteiger partial charge in [-0.1, -0.05) is 73.5 Å². The summed E-state index contributed by atoms with van der Waals surface area (Å²) in [4.78, 5) is 29.1. The molecule has 0 aromatic heterocycles. The predicted octanol–water partition coefficient (Wildman–Crippen LogP) is 4.18. The van der Waals surface area contributed by atoms with Crippen LogP contribution in [-0.2, 0) is 20.9 Å². The predicted molar refractivity (Wildman–Crippen MR) is 129 cm³/mol. The first-order valence-electron chi connectivity index (χ1n) is 10.2. The summed E-state index contributed by atoms with van der Waals surface area (Å²) in [5, 5.41) is 0. The van der Waals surface area contributed by atoms with Crippen molar-refractivity contribution in [3.05, 3.63) is 34.3 Å². The molecule has 0 bridgehead atoms. The van der Waals surface area contributed by atoms with Crippen molar-refractivity contribution >= 4 is 35.9 Å². The van der Waals surface area contributed by atoms with E-state index in [2.05, 4.69) is 65.8 Å². The van der Waals surface area contributed by atoms with Crippen molar-refractivity contribution in [3.8, 4) is 11.5 Å². The van der Waals surface area contributed by atoms with Crippen molar-refractivity contribution in [2.24, 2.45) is 5.92 Å². The first-order valence-corrected chi connectivity index (χ1v) is 14.5. The van der Waals surface area contributed by atoms with Crippen molar-refractivity contribution in [3.63, 3.8) is 0 Å². The molecule has 0 saturated heterocycles. The fourth-order valence-corrected chi connectivity index (χ4v) is 3.98. The van der Waals surface area contributed by atoms with Crippen LogP contribution < -0.4 is 0 Å². The van der Waals surface area contributed by atoms with Crippen LogP contribution in [0.15, 0.2) is 28.7 Å². The summed E-state index contributed by atoms with van der Waals surface area (Å²) in [6.07, 6.45) is 0.693. The summed E-state index contributed by atoms with van der Waals surface area (Å²) >= 11 is 3.59. The number of hydrogen-bond donors (Lipinski definition) is 0. The van der Waals surface area contributed by atoms with Gasteiger partial charge in [0.15, 0.2) is 0 Å². The van der Waals surface area contributed by atoms with Gasteiger partial charge in [0.25, 0.3) is 0 Å². The lowest BCUT2D eigenvalue weighted by Crippen LogP contribution is -2.49. The zero-order chi connectivity index (χ0) is 22.9. The Hall–Kier alpha value is -1.62. The van der Waals surface area contributed by atoms with Gasteiger partial charge in [-0.05, 0) is 31.0 Å². The maximum atomic E-state index is 13.5. The van der Waals surface area contributed by atoms with E-state index in [0.717, 1.165) is 10.0 Å². The largest absolute Gasteiger partial charge is 0.468 e. The van der Waals surface area contributed by atoms with Crippen LogP contribution in [0.25, 0.3) is 0 Å². The first-order chi connectivity index (χ1) is 13.9. The number of rotatable bonds is 9. The van der Waals surface area contributed by atoms with E-state index in [1.807, 2.05) is 31.3 Å². The number of hydrogen-bond acceptors (Lipinski definition) is 4. The SMILES string of the molecule is COC(=O)CN(CC#C[Si](C)(C)C)C(=O)[C@H](CC(C)C)N(C)Cc1ccccc1Br. The molecule has 0 N–H and O–H groups in total. The second-order valence-corrected chi connectivity index (χ2v) is 14.6. The Kier molecular flexibility index (Phi) is 10.8. The van der Waals surface area contributed by atoms with E-state index in [0.29, 0.717) is 18.9 Å². The van der Waals surface area contributed by atoms with Gasteiger partial charge in [-0.3, -0.25) is 14.5 Å². The highest BCUT2D eigenvalue weighted by molar-refractivity contribution is 9.10. The number of nitrogens with zero attached hydrogens (tertiary/aromatic N) is 2. The minimum absolute atomic E-state index is 0.0893. The summed E-state index contributed by atoms with van der Waals surface area (Å²) < 4.78 is 5.83. The minimum atomic E-state index is -1.57. The van der Waals surface area contributed by atoms with E-state index in [9.17, 15) is 9.59 Å². The second kappa shape index (κ2) is 12.3. The number of methoxy groups -OCH3 is 1. The summed E-state index contributed by atoms with van der Waals surface area (Å²) in [5.41, 5.74) is 4.39. The molecule has 166 valence electrons. The van der Waals surface area contributed by atoms with Crippen LogP contribution >= 0.6 is 15.9 Å². The highest BCUT2D eigenvalue weighted by Gasteiger charge is 2.30. The summed E-state index contributed by atoms with van der Waals surface area (Å²) in [6, 6.07) is 7.65. The van der Waals surface area contributed by atoms with E-state index in [4.69, 9.17) is 4.74 Å². The third-order valence-corrected chi connectivity index (χ3v) is 6.18. The zero-order valence-corrected chi connectivity index (χ0v) is 21.9. The van der Waals surface area contributed by atoms with Crippen LogP contribution in [0.2, 0.25) is 19.6 Å². The first kappa shape index (κ1) is 26.4. The Labute approximate surface area is 191 Å². The standard InChI is InChI=1S/C23H35BrN2O3Si/c1-18(2)15-21(25(3)16-19-11-8-9-12-20(19)24)23(28)26(17-22(27)29-4)13-10-14-30(5,6)7/h8-9,11-12,18,21H,13,15-17H2,1-7H3/t21-/m0/s1. The monoisotopic (exact) mass is 494 g/mol. The van der Waals surface area contributed by atoms with Crippen LogP contribution in [0, 0.1) is 17.4 Å². The van der Waals surface area contributed by atoms with Gasteiger partial charge in [-0.25, -0.2) is 0 Å². The molecule has 0 heterocycles. The maximum Gasteiger partial charge on any atom is 0.325 e. The molecular weight excluding hydrogens is 460 g/mol. The number of likely N-dealkylation sites (N-methyl/N-ethyl adjacent to an activating group) is 1. The number of carbonyl (C=O) groups is 2. The summed E-state index contributed by atoms with van der Waals surface area (Å²) in [7, 11) is 1.72. The van der Waals surface area contributed by atoms with Crippen molar-refractivity contribution in [2.75, 3.05) is 27.2 Å². The number of ether oxygens (including phenoxy) is 1. The van der Waals surface area contributed by atoms with E-state index >= 15 is 0 Å². The van der Waals surface area contributed by atoms with Gasteiger partial charge in [0, 0.05) is 11.0 Å². The Bertz CT molecular complexity index is 781. The molecule has 1 amide bonds. The number of halogens is 1. The van der Waals surface area contributed by atoms with Crippen LogP contribution in [0.4, 0.5) is 0 Å². The molecule has 1 atom stereocenters. The molecule has 30 heavy (non-hydrogen) atoms. The number of benzene rings is 1. The van der Waals surface area contributed by atoms with E-state index in [-0.39, 0.29) is 25.0 Å². The van der Waals surface area contributed by atoms with Gasteiger partial charge >= 0.3 is 5.97 Å². The lowest BCUT2D eigenvalue weighted by atomic mass is 10.0. The van der Waals surface area contributed by atoms with Gasteiger partial charge in [0.2, 0.25) is 5.91 Å². The lowest BCUT2D eigenvalue weighted by Gasteiger charge is -2.32. The fourth-order valence-electron chi connectivity index (χ4n) is 2.96. The Morgan fingerprint density at radius 2 is 1.83 bits per heavy atom. The van der Waals surface area contributed by atoms with Crippen molar-refractivity contribution in [1.29, 1.82) is 0 Å². The number of amides is 1. The molecule has 0 saturated carbocycles. The van der Waals surface area contributed by atoms with Gasteiger partial charge in [-0.15, -0.1) is 5.54 Å². The van der Waals surface area contributed by atoms with Gasteiger partial charge in [-0.2, -0.15) is 0 Å². The molecule has 5 nitrogen and oxygen atoms in total. The Morgan fingerprint density at radius 3 is 2.37 bits per heavy atom. The highest BCUT2D eigenvalue weighted by Crippen LogP contribution is 2.21. The second-order valence-electron chi connectivity index (χ2n) is 8.97. The fraction of sp³-hybridized carbons (Fsp3) is 0.565. The molecule has 0 radical (unpaired) electrons. The third kappa shape index (κ3) is 9.46. The molecule has 1 aromatic carbocycles. The van der Waals surface area contributed by atoms with E-state index in [1.54, 1.807) is 0 Å². The smallest absolute Gasteiger partial charge is 0.325 e. The van der Waals surface area contributed by atoms with E-state index in [1.165, 1.54) is 12.0 Å². The van der Waals surface area contributed by atoms with Crippen LogP contribution in [0.1, 0.15) is 25.8 Å². The van der Waals surface area contributed by atoms with Gasteiger partial charge in [0.05, 0.1) is 19.7 Å². The lowest BCUT2D eigenvalue weighted by molar-refractivity contribution is -0.148. The van der Waals surface area contributed by atoms with Crippen molar-refractivity contribution in [2.45, 2.75) is 52.5 Å². The molecule has 1 rings (SSSR count). The van der Waals surface area contributed by atoms with Crippen molar-refractivity contribution < 1.29 is 14.3 Å². The molecule has 0 aliphatic carbocycles.